The molecule has 2 aromatic heterocycles. The Morgan fingerprint density at radius 1 is 0.882 bits per heavy atom. The Labute approximate surface area is 203 Å². The SMILES string of the molecule is CC(C)N1C=CN(C(C)C)C1c1ccnc(-c2ccc([Si](C)(C)C)c3c2oc2ccccc23)c1. The van der Waals surface area contributed by atoms with Crippen molar-refractivity contribution in [3.63, 3.8) is 0 Å². The fourth-order valence-corrected chi connectivity index (χ4v) is 6.72. The first-order valence-corrected chi connectivity index (χ1v) is 15.8. The van der Waals surface area contributed by atoms with Crippen LogP contribution in [0.15, 0.2) is 71.5 Å². The second kappa shape index (κ2) is 8.31. The maximum atomic E-state index is 6.51. The number of nitrogens with zero attached hydrogens (tertiary/aromatic N) is 3. The van der Waals surface area contributed by atoms with Crippen molar-refractivity contribution < 1.29 is 4.42 Å². The predicted octanol–water partition coefficient (Wildman–Crippen LogP) is 7.10. The van der Waals surface area contributed by atoms with E-state index in [9.17, 15) is 0 Å². The lowest BCUT2D eigenvalue weighted by Crippen LogP contribution is -2.38. The lowest BCUT2D eigenvalue weighted by atomic mass is 10.0. The number of rotatable bonds is 5. The molecule has 0 N–H and O–H groups in total. The molecule has 1 aliphatic heterocycles. The minimum atomic E-state index is -1.58. The molecule has 0 fully saturated rings. The summed E-state index contributed by atoms with van der Waals surface area (Å²) in [4.78, 5) is 9.67. The first kappa shape index (κ1) is 22.7. The lowest BCUT2D eigenvalue weighted by Gasteiger charge is -2.37. The molecular formula is C29H35N3OSi. The third-order valence-electron chi connectivity index (χ3n) is 6.86. The molecule has 4 aromatic rings. The van der Waals surface area contributed by atoms with E-state index in [2.05, 4.69) is 112 Å². The number of hydrogen-bond acceptors (Lipinski definition) is 4. The lowest BCUT2D eigenvalue weighted by molar-refractivity contribution is 0.105. The van der Waals surface area contributed by atoms with E-state index in [0.717, 1.165) is 22.4 Å². The van der Waals surface area contributed by atoms with Gasteiger partial charge in [-0.05, 0) is 62.7 Å². The third kappa shape index (κ3) is 3.72. The average molecular weight is 470 g/mol. The van der Waals surface area contributed by atoms with Crippen molar-refractivity contribution in [1.29, 1.82) is 0 Å². The van der Waals surface area contributed by atoms with Crippen LogP contribution in [0.25, 0.3) is 33.2 Å². The van der Waals surface area contributed by atoms with Crippen molar-refractivity contribution in [1.82, 2.24) is 14.8 Å². The van der Waals surface area contributed by atoms with Crippen molar-refractivity contribution in [2.24, 2.45) is 0 Å². The third-order valence-corrected chi connectivity index (χ3v) is 8.89. The number of benzene rings is 2. The van der Waals surface area contributed by atoms with E-state index in [1.807, 2.05) is 12.3 Å². The molecule has 176 valence electrons. The van der Waals surface area contributed by atoms with Gasteiger partial charge in [0.2, 0.25) is 0 Å². The quantitative estimate of drug-likeness (QED) is 0.292. The Balaban J connectivity index is 1.70. The van der Waals surface area contributed by atoms with E-state index in [4.69, 9.17) is 9.40 Å². The fourth-order valence-electron chi connectivity index (χ4n) is 5.13. The normalized spacial score (nSPS) is 15.1. The van der Waals surface area contributed by atoms with Gasteiger partial charge in [0.1, 0.15) is 17.3 Å². The first-order chi connectivity index (χ1) is 16.2. The summed E-state index contributed by atoms with van der Waals surface area (Å²) in [6.07, 6.45) is 6.54. The zero-order chi connectivity index (χ0) is 24.2. The number of fused-ring (bicyclic) bond motifs is 3. The largest absolute Gasteiger partial charge is 0.455 e. The van der Waals surface area contributed by atoms with Crippen molar-refractivity contribution in [2.45, 2.75) is 65.6 Å². The average Bonchev–Trinajstić information content (AvgIpc) is 3.40. The molecule has 1 aliphatic rings. The smallest absolute Gasteiger partial charge is 0.144 e. The number of aromatic nitrogens is 1. The Hall–Kier alpha value is -3.05. The van der Waals surface area contributed by atoms with Crippen LogP contribution in [0, 0.1) is 0 Å². The summed E-state index contributed by atoms with van der Waals surface area (Å²) in [7, 11) is -1.58. The van der Waals surface area contributed by atoms with Crippen LogP contribution in [0.5, 0.6) is 0 Å². The zero-order valence-corrected chi connectivity index (χ0v) is 22.3. The van der Waals surface area contributed by atoms with Gasteiger partial charge in [0.15, 0.2) is 0 Å². The topological polar surface area (TPSA) is 32.5 Å². The molecule has 0 radical (unpaired) electrons. The first-order valence-electron chi connectivity index (χ1n) is 12.3. The van der Waals surface area contributed by atoms with Crippen LogP contribution in [-0.2, 0) is 0 Å². The van der Waals surface area contributed by atoms with Gasteiger partial charge in [-0.2, -0.15) is 0 Å². The predicted molar refractivity (Wildman–Crippen MR) is 146 cm³/mol. The Morgan fingerprint density at radius 3 is 2.21 bits per heavy atom. The number of para-hydroxylation sites is 1. The molecule has 0 saturated carbocycles. The van der Waals surface area contributed by atoms with Crippen LogP contribution in [0.3, 0.4) is 0 Å². The van der Waals surface area contributed by atoms with E-state index >= 15 is 0 Å². The minimum Gasteiger partial charge on any atom is -0.455 e. The van der Waals surface area contributed by atoms with Crippen LogP contribution in [0.2, 0.25) is 19.6 Å². The summed E-state index contributed by atoms with van der Waals surface area (Å²) in [5, 5.41) is 3.89. The molecule has 0 atom stereocenters. The van der Waals surface area contributed by atoms with E-state index in [-0.39, 0.29) is 6.17 Å². The summed E-state index contributed by atoms with van der Waals surface area (Å²) >= 11 is 0. The minimum absolute atomic E-state index is 0.161. The highest BCUT2D eigenvalue weighted by Crippen LogP contribution is 2.38. The molecule has 5 rings (SSSR count). The highest BCUT2D eigenvalue weighted by molar-refractivity contribution is 6.90. The van der Waals surface area contributed by atoms with E-state index < -0.39 is 8.07 Å². The summed E-state index contributed by atoms with van der Waals surface area (Å²) in [6.45, 7) is 16.2. The van der Waals surface area contributed by atoms with E-state index in [1.54, 1.807) is 0 Å². The van der Waals surface area contributed by atoms with Crippen molar-refractivity contribution >= 4 is 35.2 Å². The highest BCUT2D eigenvalue weighted by atomic mass is 28.3. The zero-order valence-electron chi connectivity index (χ0n) is 21.3. The summed E-state index contributed by atoms with van der Waals surface area (Å²) in [5.41, 5.74) is 5.17. The standard InChI is InChI=1S/C29H35N3OSi/c1-19(2)31-16-17-32(20(3)4)29(31)21-14-15-30-24(18-21)22-12-13-26(34(5,6)7)27-23-10-8-9-11-25(23)33-28(22)27/h8-20,29H,1-7H3. The Morgan fingerprint density at radius 2 is 1.56 bits per heavy atom. The summed E-state index contributed by atoms with van der Waals surface area (Å²) in [6, 6.07) is 18.1. The van der Waals surface area contributed by atoms with Crippen LogP contribution in [0.1, 0.15) is 39.4 Å². The van der Waals surface area contributed by atoms with Gasteiger partial charge in [-0.25, -0.2) is 0 Å². The molecule has 0 spiro atoms. The molecule has 3 heterocycles. The van der Waals surface area contributed by atoms with Gasteiger partial charge >= 0.3 is 0 Å². The molecule has 2 aromatic carbocycles. The Kier molecular flexibility index (Phi) is 5.56. The molecule has 0 aliphatic carbocycles. The van der Waals surface area contributed by atoms with Gasteiger partial charge in [0, 0.05) is 47.0 Å². The van der Waals surface area contributed by atoms with Crippen LogP contribution in [-0.4, -0.2) is 34.9 Å². The molecule has 4 nitrogen and oxygen atoms in total. The highest BCUT2D eigenvalue weighted by Gasteiger charge is 2.32. The summed E-state index contributed by atoms with van der Waals surface area (Å²) < 4.78 is 6.51. The second-order valence-corrected chi connectivity index (χ2v) is 16.0. The van der Waals surface area contributed by atoms with Crippen molar-refractivity contribution in [2.75, 3.05) is 0 Å². The van der Waals surface area contributed by atoms with Crippen molar-refractivity contribution in [3.05, 3.63) is 72.7 Å². The van der Waals surface area contributed by atoms with E-state index in [1.165, 1.54) is 21.5 Å². The van der Waals surface area contributed by atoms with Gasteiger partial charge in [0.05, 0.1) is 13.8 Å². The molecule has 0 saturated heterocycles. The van der Waals surface area contributed by atoms with Crippen LogP contribution < -0.4 is 5.19 Å². The molecule has 0 amide bonds. The van der Waals surface area contributed by atoms with Gasteiger partial charge in [0.25, 0.3) is 0 Å². The van der Waals surface area contributed by atoms with Gasteiger partial charge in [-0.15, -0.1) is 0 Å². The van der Waals surface area contributed by atoms with Gasteiger partial charge in [-0.3, -0.25) is 4.98 Å². The van der Waals surface area contributed by atoms with Crippen LogP contribution >= 0.6 is 0 Å². The Bertz CT molecular complexity index is 1360. The van der Waals surface area contributed by atoms with Crippen LogP contribution in [0.4, 0.5) is 0 Å². The molecule has 5 heteroatoms. The summed E-state index contributed by atoms with van der Waals surface area (Å²) in [5.74, 6) is 0. The van der Waals surface area contributed by atoms with E-state index in [0.29, 0.717) is 12.1 Å². The fraction of sp³-hybridized carbons (Fsp3) is 0.345. The van der Waals surface area contributed by atoms with Crippen molar-refractivity contribution in [3.8, 4) is 11.3 Å². The van der Waals surface area contributed by atoms with Gasteiger partial charge < -0.3 is 14.2 Å². The second-order valence-electron chi connectivity index (χ2n) is 10.9. The number of hydrogen-bond donors (Lipinski definition) is 0. The molecular weight excluding hydrogens is 434 g/mol. The monoisotopic (exact) mass is 469 g/mol. The molecule has 0 unspecified atom stereocenters. The molecule has 34 heavy (non-hydrogen) atoms. The number of furan rings is 1. The number of pyridine rings is 1. The maximum Gasteiger partial charge on any atom is 0.144 e. The maximum absolute atomic E-state index is 6.51. The molecule has 0 bridgehead atoms. The van der Waals surface area contributed by atoms with Gasteiger partial charge in [-0.1, -0.05) is 43.9 Å².